The van der Waals surface area contributed by atoms with Gasteiger partial charge in [-0.25, -0.2) is 0 Å². The molecule has 1 spiro atoms. The highest BCUT2D eigenvalue weighted by molar-refractivity contribution is 5.94. The third kappa shape index (κ3) is 5.81. The molecule has 0 atom stereocenters. The summed E-state index contributed by atoms with van der Waals surface area (Å²) < 4.78 is 36.4. The maximum atomic E-state index is 12.6. The van der Waals surface area contributed by atoms with Gasteiger partial charge >= 0.3 is 6.18 Å². The first-order valence-corrected chi connectivity index (χ1v) is 9.66. The molecule has 160 valence electrons. The minimum atomic E-state index is -4.41. The molecule has 3 N–H and O–H groups in total. The molecule has 1 aromatic rings. The molecule has 0 aromatic carbocycles. The van der Waals surface area contributed by atoms with Crippen molar-refractivity contribution < 1.29 is 27.9 Å². The second kappa shape index (κ2) is 8.56. The van der Waals surface area contributed by atoms with E-state index >= 15 is 0 Å². The van der Waals surface area contributed by atoms with E-state index in [-0.39, 0.29) is 29.7 Å². The number of carbonyl (C=O) groups is 2. The van der Waals surface area contributed by atoms with E-state index in [9.17, 15) is 27.9 Å². The molecule has 2 amide bonds. The fraction of sp³-hybridized carbons (Fsp3) is 0.632. The van der Waals surface area contributed by atoms with Crippen LogP contribution in [0.5, 0.6) is 5.75 Å². The molecule has 7 nitrogen and oxygen atoms in total. The van der Waals surface area contributed by atoms with Gasteiger partial charge in [0.25, 0.3) is 5.91 Å². The molecule has 1 saturated heterocycles. The Morgan fingerprint density at radius 2 is 1.97 bits per heavy atom. The highest BCUT2D eigenvalue weighted by atomic mass is 19.4. The lowest BCUT2D eigenvalue weighted by Crippen LogP contribution is -2.45. The Morgan fingerprint density at radius 1 is 1.24 bits per heavy atom. The summed E-state index contributed by atoms with van der Waals surface area (Å²) in [6.07, 6.45) is 2.59. The maximum Gasteiger partial charge on any atom is 0.405 e. The highest BCUT2D eigenvalue weighted by Gasteiger charge is 2.42. The molecule has 1 aliphatic heterocycles. The number of amides is 2. The molecule has 2 fully saturated rings. The van der Waals surface area contributed by atoms with Gasteiger partial charge in [0, 0.05) is 25.3 Å². The predicted molar refractivity (Wildman–Crippen MR) is 98.2 cm³/mol. The number of hydrogen-bond donors (Lipinski definition) is 3. The van der Waals surface area contributed by atoms with Crippen LogP contribution < -0.4 is 10.6 Å². The molecule has 1 saturated carbocycles. The van der Waals surface area contributed by atoms with Crippen molar-refractivity contribution >= 4 is 11.8 Å². The molecular formula is C19H25F3N4O3. The van der Waals surface area contributed by atoms with Crippen molar-refractivity contribution in [3.8, 4) is 5.75 Å². The van der Waals surface area contributed by atoms with E-state index in [1.165, 1.54) is 18.5 Å². The second-order valence-electron chi connectivity index (χ2n) is 7.96. The molecular weight excluding hydrogens is 389 g/mol. The van der Waals surface area contributed by atoms with Crippen LogP contribution in [-0.4, -0.2) is 65.2 Å². The van der Waals surface area contributed by atoms with Gasteiger partial charge in [-0.2, -0.15) is 13.2 Å². The lowest BCUT2D eigenvalue weighted by Gasteiger charge is -2.37. The molecule has 3 rings (SSSR count). The van der Waals surface area contributed by atoms with E-state index in [4.69, 9.17) is 0 Å². The van der Waals surface area contributed by atoms with Gasteiger partial charge in [0.2, 0.25) is 5.91 Å². The average molecular weight is 414 g/mol. The van der Waals surface area contributed by atoms with Crippen molar-refractivity contribution in [1.29, 1.82) is 0 Å². The summed E-state index contributed by atoms with van der Waals surface area (Å²) in [4.78, 5) is 29.8. The molecule has 0 bridgehead atoms. The van der Waals surface area contributed by atoms with Crippen LogP contribution in [0.15, 0.2) is 18.5 Å². The van der Waals surface area contributed by atoms with Crippen molar-refractivity contribution in [3.63, 3.8) is 0 Å². The number of nitrogens with zero attached hydrogens (tertiary/aromatic N) is 2. The molecule has 10 heteroatoms. The van der Waals surface area contributed by atoms with Gasteiger partial charge in [0.05, 0.1) is 18.3 Å². The fourth-order valence-corrected chi connectivity index (χ4v) is 4.18. The molecule has 0 radical (unpaired) electrons. The highest BCUT2D eigenvalue weighted by Crippen LogP contribution is 2.44. The van der Waals surface area contributed by atoms with Crippen LogP contribution in [0.2, 0.25) is 0 Å². The summed E-state index contributed by atoms with van der Waals surface area (Å²) in [6, 6.07) is 1.49. The van der Waals surface area contributed by atoms with E-state index in [0.29, 0.717) is 18.7 Å². The number of hydrogen-bond acceptors (Lipinski definition) is 5. The van der Waals surface area contributed by atoms with Crippen molar-refractivity contribution in [1.82, 2.24) is 20.5 Å². The largest absolute Gasteiger partial charge is 0.506 e. The first kappa shape index (κ1) is 21.4. The van der Waals surface area contributed by atoms with Crippen LogP contribution in [0, 0.1) is 5.41 Å². The lowest BCUT2D eigenvalue weighted by atomic mass is 9.72. The summed E-state index contributed by atoms with van der Waals surface area (Å²) in [6.45, 7) is -0.171. The van der Waals surface area contributed by atoms with E-state index in [0.717, 1.165) is 32.1 Å². The maximum absolute atomic E-state index is 12.6. The molecule has 2 aliphatic rings. The number of aromatic nitrogens is 1. The fourth-order valence-electron chi connectivity index (χ4n) is 4.18. The van der Waals surface area contributed by atoms with Crippen LogP contribution in [0.1, 0.15) is 42.5 Å². The van der Waals surface area contributed by atoms with Crippen LogP contribution in [-0.2, 0) is 4.79 Å². The number of likely N-dealkylation sites (tertiary alicyclic amines) is 1. The van der Waals surface area contributed by atoms with Gasteiger partial charge < -0.3 is 20.6 Å². The SMILES string of the molecule is O=C(CN[C@H]1CC[C@@]2(CCN(C(=O)c3cncc(O)c3)C2)CC1)NCC(F)(F)F. The number of halogens is 3. The summed E-state index contributed by atoms with van der Waals surface area (Å²) in [7, 11) is 0. The first-order chi connectivity index (χ1) is 13.7. The smallest absolute Gasteiger partial charge is 0.405 e. The van der Waals surface area contributed by atoms with Crippen LogP contribution in [0.3, 0.4) is 0 Å². The van der Waals surface area contributed by atoms with Gasteiger partial charge in [0.1, 0.15) is 12.3 Å². The normalized spacial score (nSPS) is 24.7. The number of aromatic hydroxyl groups is 1. The molecule has 2 heterocycles. The van der Waals surface area contributed by atoms with Gasteiger partial charge in [-0.1, -0.05) is 0 Å². The van der Waals surface area contributed by atoms with E-state index in [1.807, 2.05) is 5.32 Å². The van der Waals surface area contributed by atoms with Crippen molar-refractivity contribution in [2.45, 2.75) is 44.3 Å². The quantitative estimate of drug-likeness (QED) is 0.684. The Hall–Kier alpha value is -2.36. The van der Waals surface area contributed by atoms with Crippen molar-refractivity contribution in [2.75, 3.05) is 26.2 Å². The summed E-state index contributed by atoms with van der Waals surface area (Å²) in [5.74, 6) is -0.859. The summed E-state index contributed by atoms with van der Waals surface area (Å²) >= 11 is 0. The van der Waals surface area contributed by atoms with Crippen LogP contribution >= 0.6 is 0 Å². The Bertz CT molecular complexity index is 748. The van der Waals surface area contributed by atoms with E-state index in [2.05, 4.69) is 10.3 Å². The zero-order valence-corrected chi connectivity index (χ0v) is 16.0. The lowest BCUT2D eigenvalue weighted by molar-refractivity contribution is -0.138. The minimum absolute atomic E-state index is 0.0383. The zero-order valence-electron chi connectivity index (χ0n) is 16.0. The van der Waals surface area contributed by atoms with Crippen molar-refractivity contribution in [3.05, 3.63) is 24.0 Å². The van der Waals surface area contributed by atoms with Crippen LogP contribution in [0.25, 0.3) is 0 Å². The molecule has 1 aliphatic carbocycles. The average Bonchev–Trinajstić information content (AvgIpc) is 3.08. The summed E-state index contributed by atoms with van der Waals surface area (Å²) in [5.41, 5.74) is 0.402. The Kier molecular flexibility index (Phi) is 6.30. The Morgan fingerprint density at radius 3 is 2.62 bits per heavy atom. The number of nitrogens with one attached hydrogen (secondary N) is 2. The van der Waals surface area contributed by atoms with Gasteiger partial charge in [-0.05, 0) is 43.6 Å². The van der Waals surface area contributed by atoms with E-state index in [1.54, 1.807) is 4.90 Å². The third-order valence-corrected chi connectivity index (χ3v) is 5.78. The number of pyridine rings is 1. The zero-order chi connectivity index (χ0) is 21.1. The Labute approximate surface area is 166 Å². The van der Waals surface area contributed by atoms with E-state index < -0.39 is 18.6 Å². The number of alkyl halides is 3. The first-order valence-electron chi connectivity index (χ1n) is 9.66. The predicted octanol–water partition coefficient (Wildman–Crippen LogP) is 1.83. The molecule has 1 aromatic heterocycles. The second-order valence-corrected chi connectivity index (χ2v) is 7.96. The van der Waals surface area contributed by atoms with Crippen molar-refractivity contribution in [2.24, 2.45) is 5.41 Å². The summed E-state index contributed by atoms with van der Waals surface area (Å²) in [5, 5.41) is 14.4. The minimum Gasteiger partial charge on any atom is -0.506 e. The van der Waals surface area contributed by atoms with Gasteiger partial charge in [0.15, 0.2) is 0 Å². The topological polar surface area (TPSA) is 94.6 Å². The standard InChI is InChI=1S/C19H25F3N4O3/c20-19(21,22)11-25-16(28)10-24-14-1-3-18(4-2-14)5-6-26(12-18)17(29)13-7-15(27)9-23-8-13/h7-9,14,24,27H,1-6,10-12H2,(H,25,28)/t14-,18-. The monoisotopic (exact) mass is 414 g/mol. The number of carbonyl (C=O) groups excluding carboxylic acids is 2. The molecule has 0 unspecified atom stereocenters. The van der Waals surface area contributed by atoms with Crippen LogP contribution in [0.4, 0.5) is 13.2 Å². The van der Waals surface area contributed by atoms with Gasteiger partial charge in [-0.3, -0.25) is 14.6 Å². The van der Waals surface area contributed by atoms with Gasteiger partial charge in [-0.15, -0.1) is 0 Å². The third-order valence-electron chi connectivity index (χ3n) is 5.78. The molecule has 29 heavy (non-hydrogen) atoms. The number of rotatable bonds is 5. The Balaban J connectivity index is 1.43.